The van der Waals surface area contributed by atoms with Crippen molar-refractivity contribution in [3.8, 4) is 11.5 Å². The Balaban J connectivity index is 1.87. The van der Waals surface area contributed by atoms with E-state index < -0.39 is 0 Å². The van der Waals surface area contributed by atoms with E-state index in [0.29, 0.717) is 18.1 Å². The first-order valence-corrected chi connectivity index (χ1v) is 8.86. The van der Waals surface area contributed by atoms with Crippen LogP contribution in [0.2, 0.25) is 0 Å². The number of nitrogens with one attached hydrogen (secondary N) is 1. The molecule has 1 N–H and O–H groups in total. The molecule has 6 nitrogen and oxygen atoms in total. The van der Waals surface area contributed by atoms with Crippen LogP contribution in [0.15, 0.2) is 41.6 Å². The van der Waals surface area contributed by atoms with Crippen LogP contribution in [0.25, 0.3) is 0 Å². The van der Waals surface area contributed by atoms with Gasteiger partial charge >= 0.3 is 0 Å². The van der Waals surface area contributed by atoms with E-state index in [4.69, 9.17) is 14.3 Å². The second-order valence-corrected chi connectivity index (χ2v) is 6.13. The van der Waals surface area contributed by atoms with Crippen LogP contribution in [0, 0.1) is 13.8 Å². The number of amides is 1. The zero-order valence-electron chi connectivity index (χ0n) is 16.2. The lowest BCUT2D eigenvalue weighted by atomic mass is 10.1. The average molecular weight is 370 g/mol. The number of anilines is 1. The molecule has 0 radical (unpaired) electrons. The quantitative estimate of drug-likeness (QED) is 0.533. The number of carbonyl (C=O) groups excluding carboxylic acids is 1. The normalized spacial score (nSPS) is 10.7. The topological polar surface area (TPSA) is 69.2 Å². The number of methoxy groups -OCH3 is 1. The number of ether oxygens (including phenoxy) is 2. The molecule has 0 atom stereocenters. The molecule has 2 aromatic rings. The molecular weight excluding hydrogens is 344 g/mol. The number of benzene rings is 2. The largest absolute Gasteiger partial charge is 0.493 e. The summed E-state index contributed by atoms with van der Waals surface area (Å²) in [5.74, 6) is 1.05. The SMILES string of the molecule is CCCOc1ccc(C=NOCC(=O)Nc2ccc(C)cc2C)cc1OC. The summed E-state index contributed by atoms with van der Waals surface area (Å²) in [6.07, 6.45) is 2.45. The molecule has 0 spiro atoms. The summed E-state index contributed by atoms with van der Waals surface area (Å²) in [6, 6.07) is 11.3. The fourth-order valence-electron chi connectivity index (χ4n) is 2.43. The summed E-state index contributed by atoms with van der Waals surface area (Å²) in [5.41, 5.74) is 3.70. The van der Waals surface area contributed by atoms with Crippen molar-refractivity contribution in [3.63, 3.8) is 0 Å². The number of nitrogens with zero attached hydrogens (tertiary/aromatic N) is 1. The highest BCUT2D eigenvalue weighted by Crippen LogP contribution is 2.27. The number of oxime groups is 1. The Morgan fingerprint density at radius 2 is 1.96 bits per heavy atom. The number of hydrogen-bond donors (Lipinski definition) is 1. The third kappa shape index (κ3) is 6.33. The molecule has 0 heterocycles. The molecule has 1 amide bonds. The van der Waals surface area contributed by atoms with Gasteiger partial charge in [-0.3, -0.25) is 4.79 Å². The Morgan fingerprint density at radius 1 is 1.15 bits per heavy atom. The fraction of sp³-hybridized carbons (Fsp3) is 0.333. The van der Waals surface area contributed by atoms with Gasteiger partial charge in [-0.2, -0.15) is 0 Å². The lowest BCUT2D eigenvalue weighted by molar-refractivity contribution is -0.120. The Morgan fingerprint density at radius 3 is 2.67 bits per heavy atom. The van der Waals surface area contributed by atoms with Crippen LogP contribution in [-0.2, 0) is 9.63 Å². The maximum Gasteiger partial charge on any atom is 0.265 e. The van der Waals surface area contributed by atoms with E-state index in [1.165, 1.54) is 6.21 Å². The Kier molecular flexibility index (Phi) is 7.67. The smallest absolute Gasteiger partial charge is 0.265 e. The highest BCUT2D eigenvalue weighted by molar-refractivity contribution is 5.92. The summed E-state index contributed by atoms with van der Waals surface area (Å²) < 4.78 is 10.9. The van der Waals surface area contributed by atoms with Crippen LogP contribution in [0.3, 0.4) is 0 Å². The summed E-state index contributed by atoms with van der Waals surface area (Å²) in [6.45, 7) is 6.46. The first-order valence-electron chi connectivity index (χ1n) is 8.86. The van der Waals surface area contributed by atoms with Crippen molar-refractivity contribution in [1.29, 1.82) is 0 Å². The maximum atomic E-state index is 12.0. The zero-order chi connectivity index (χ0) is 19.6. The highest BCUT2D eigenvalue weighted by atomic mass is 16.6. The average Bonchev–Trinajstić information content (AvgIpc) is 2.66. The molecule has 0 unspecified atom stereocenters. The van der Waals surface area contributed by atoms with Crippen LogP contribution in [-0.4, -0.2) is 32.4 Å². The molecule has 144 valence electrons. The Bertz CT molecular complexity index is 803. The van der Waals surface area contributed by atoms with Gasteiger partial charge in [0.05, 0.1) is 19.9 Å². The number of aryl methyl sites for hydroxylation is 2. The molecule has 0 aliphatic carbocycles. The van der Waals surface area contributed by atoms with Gasteiger partial charge in [0.1, 0.15) is 0 Å². The van der Waals surface area contributed by atoms with Gasteiger partial charge in [-0.1, -0.05) is 29.8 Å². The van der Waals surface area contributed by atoms with Gasteiger partial charge in [0.2, 0.25) is 0 Å². The third-order valence-electron chi connectivity index (χ3n) is 3.78. The minimum atomic E-state index is -0.264. The molecule has 0 bridgehead atoms. The number of rotatable bonds is 9. The van der Waals surface area contributed by atoms with Crippen LogP contribution in [0.1, 0.15) is 30.0 Å². The predicted molar refractivity (Wildman–Crippen MR) is 107 cm³/mol. The first kappa shape index (κ1) is 20.3. The van der Waals surface area contributed by atoms with Crippen molar-refractivity contribution in [2.24, 2.45) is 5.16 Å². The van der Waals surface area contributed by atoms with E-state index in [1.54, 1.807) is 13.2 Å². The van der Waals surface area contributed by atoms with E-state index in [2.05, 4.69) is 10.5 Å². The molecule has 0 fully saturated rings. The monoisotopic (exact) mass is 370 g/mol. The van der Waals surface area contributed by atoms with Gasteiger partial charge in [0.15, 0.2) is 18.1 Å². The highest BCUT2D eigenvalue weighted by Gasteiger charge is 2.06. The predicted octanol–water partition coefficient (Wildman–Crippen LogP) is 4.09. The number of hydrogen-bond acceptors (Lipinski definition) is 5. The van der Waals surface area contributed by atoms with Crippen LogP contribution < -0.4 is 14.8 Å². The second kappa shape index (κ2) is 10.2. The van der Waals surface area contributed by atoms with Crippen molar-refractivity contribution in [2.75, 3.05) is 25.6 Å². The molecule has 0 saturated heterocycles. The van der Waals surface area contributed by atoms with Gasteiger partial charge in [-0.25, -0.2) is 0 Å². The zero-order valence-corrected chi connectivity index (χ0v) is 16.2. The second-order valence-electron chi connectivity index (χ2n) is 6.13. The first-order chi connectivity index (χ1) is 13.0. The van der Waals surface area contributed by atoms with E-state index in [0.717, 1.165) is 28.8 Å². The number of carbonyl (C=O) groups is 1. The maximum absolute atomic E-state index is 12.0. The molecule has 0 aromatic heterocycles. The van der Waals surface area contributed by atoms with Gasteiger partial charge in [-0.05, 0) is 50.1 Å². The van der Waals surface area contributed by atoms with Gasteiger partial charge in [0.25, 0.3) is 5.91 Å². The lowest BCUT2D eigenvalue weighted by Crippen LogP contribution is -2.17. The van der Waals surface area contributed by atoms with Crippen molar-refractivity contribution >= 4 is 17.8 Å². The molecule has 0 aliphatic heterocycles. The van der Waals surface area contributed by atoms with Crippen molar-refractivity contribution < 1.29 is 19.1 Å². The summed E-state index contributed by atoms with van der Waals surface area (Å²) in [5, 5.41) is 6.65. The summed E-state index contributed by atoms with van der Waals surface area (Å²) in [4.78, 5) is 17.0. The fourth-order valence-corrected chi connectivity index (χ4v) is 2.43. The molecule has 6 heteroatoms. The minimum absolute atomic E-state index is 0.168. The van der Waals surface area contributed by atoms with Crippen molar-refractivity contribution in [2.45, 2.75) is 27.2 Å². The van der Waals surface area contributed by atoms with E-state index in [1.807, 2.05) is 51.1 Å². The van der Waals surface area contributed by atoms with Crippen LogP contribution in [0.4, 0.5) is 5.69 Å². The van der Waals surface area contributed by atoms with Gasteiger partial charge < -0.3 is 19.6 Å². The Labute approximate surface area is 160 Å². The molecule has 0 aliphatic rings. The van der Waals surface area contributed by atoms with Gasteiger partial charge in [0, 0.05) is 11.3 Å². The standard InChI is InChI=1S/C21H26N2O4/c1-5-10-26-19-9-7-17(12-20(19)25-4)13-22-27-14-21(24)23-18-8-6-15(2)11-16(18)3/h6-9,11-13H,5,10,14H2,1-4H3,(H,23,24). The van der Waals surface area contributed by atoms with Crippen molar-refractivity contribution in [3.05, 3.63) is 53.1 Å². The Hall–Kier alpha value is -3.02. The molecular formula is C21H26N2O4. The van der Waals surface area contributed by atoms with E-state index in [-0.39, 0.29) is 12.5 Å². The molecule has 27 heavy (non-hydrogen) atoms. The molecule has 0 saturated carbocycles. The lowest BCUT2D eigenvalue weighted by Gasteiger charge is -2.10. The third-order valence-corrected chi connectivity index (χ3v) is 3.78. The van der Waals surface area contributed by atoms with Crippen LogP contribution in [0.5, 0.6) is 11.5 Å². The molecule has 2 rings (SSSR count). The van der Waals surface area contributed by atoms with Gasteiger partial charge in [-0.15, -0.1) is 0 Å². The molecule has 2 aromatic carbocycles. The van der Waals surface area contributed by atoms with Crippen LogP contribution >= 0.6 is 0 Å². The van der Waals surface area contributed by atoms with E-state index in [9.17, 15) is 4.79 Å². The van der Waals surface area contributed by atoms with Crippen molar-refractivity contribution in [1.82, 2.24) is 0 Å². The van der Waals surface area contributed by atoms with E-state index >= 15 is 0 Å². The minimum Gasteiger partial charge on any atom is -0.493 e. The summed E-state index contributed by atoms with van der Waals surface area (Å²) in [7, 11) is 1.59. The summed E-state index contributed by atoms with van der Waals surface area (Å²) >= 11 is 0.